The summed E-state index contributed by atoms with van der Waals surface area (Å²) in [5.74, 6) is -0.614. The molecule has 27 heavy (non-hydrogen) atoms. The Balaban J connectivity index is 0.00000364. The molecule has 0 radical (unpaired) electrons. The predicted octanol–water partition coefficient (Wildman–Crippen LogP) is 4.44. The molecule has 0 unspecified atom stereocenters. The van der Waals surface area contributed by atoms with E-state index < -0.39 is 18.2 Å². The van der Waals surface area contributed by atoms with Gasteiger partial charge in [-0.2, -0.15) is 8.78 Å². The molecule has 148 valence electrons. The molecule has 0 saturated carbocycles. The third-order valence-electron chi connectivity index (χ3n) is 3.34. The van der Waals surface area contributed by atoms with Crippen LogP contribution in [-0.4, -0.2) is 19.1 Å². The molecule has 0 aromatic heterocycles. The number of hydrogen-bond donors (Lipinski definition) is 2. The van der Waals surface area contributed by atoms with Crippen LogP contribution in [0, 0.1) is 11.6 Å². The Labute approximate surface area is 172 Å². The normalized spacial score (nSPS) is 11.1. The Kier molecular flexibility index (Phi) is 9.90. The highest BCUT2D eigenvalue weighted by atomic mass is 127. The van der Waals surface area contributed by atoms with Crippen LogP contribution in [0.2, 0.25) is 0 Å². The van der Waals surface area contributed by atoms with Gasteiger partial charge in [-0.1, -0.05) is 12.1 Å². The van der Waals surface area contributed by atoms with Gasteiger partial charge in [0.05, 0.1) is 6.54 Å². The third kappa shape index (κ3) is 8.02. The highest BCUT2D eigenvalue weighted by molar-refractivity contribution is 14.0. The van der Waals surface area contributed by atoms with Gasteiger partial charge in [0.15, 0.2) is 5.96 Å². The number of aliphatic imine (C=N–C) groups is 1. The average molecular weight is 497 g/mol. The molecule has 2 aromatic rings. The van der Waals surface area contributed by atoms with Crippen molar-refractivity contribution in [2.45, 2.75) is 26.6 Å². The van der Waals surface area contributed by atoms with Gasteiger partial charge in [-0.05, 0) is 42.8 Å². The van der Waals surface area contributed by atoms with Gasteiger partial charge in [0, 0.05) is 18.7 Å². The molecular formula is C18H20F4IN3O. The Bertz CT molecular complexity index is 759. The highest BCUT2D eigenvalue weighted by Gasteiger charge is 2.07. The van der Waals surface area contributed by atoms with Crippen LogP contribution in [0.5, 0.6) is 5.75 Å². The van der Waals surface area contributed by atoms with E-state index in [1.165, 1.54) is 12.1 Å². The molecule has 4 nitrogen and oxygen atoms in total. The second kappa shape index (κ2) is 11.6. The van der Waals surface area contributed by atoms with E-state index in [9.17, 15) is 17.6 Å². The van der Waals surface area contributed by atoms with Gasteiger partial charge >= 0.3 is 6.61 Å². The van der Waals surface area contributed by atoms with Crippen LogP contribution in [0.1, 0.15) is 18.1 Å². The summed E-state index contributed by atoms with van der Waals surface area (Å²) >= 11 is 0. The first-order valence-electron chi connectivity index (χ1n) is 7.97. The van der Waals surface area contributed by atoms with Crippen molar-refractivity contribution in [3.63, 3.8) is 0 Å². The van der Waals surface area contributed by atoms with Gasteiger partial charge in [-0.15, -0.1) is 24.0 Å². The molecule has 0 aliphatic rings. The molecule has 0 spiro atoms. The van der Waals surface area contributed by atoms with Crippen molar-refractivity contribution in [1.82, 2.24) is 10.6 Å². The van der Waals surface area contributed by atoms with Crippen LogP contribution in [-0.2, 0) is 13.1 Å². The van der Waals surface area contributed by atoms with Crippen molar-refractivity contribution < 1.29 is 22.3 Å². The van der Waals surface area contributed by atoms with Gasteiger partial charge in [0.25, 0.3) is 0 Å². The zero-order valence-electron chi connectivity index (χ0n) is 14.5. The van der Waals surface area contributed by atoms with Crippen LogP contribution < -0.4 is 15.4 Å². The maximum Gasteiger partial charge on any atom is 0.387 e. The Morgan fingerprint density at radius 3 is 2.59 bits per heavy atom. The molecule has 0 atom stereocenters. The minimum Gasteiger partial charge on any atom is -0.435 e. The predicted molar refractivity (Wildman–Crippen MR) is 107 cm³/mol. The average Bonchev–Trinajstić information content (AvgIpc) is 2.60. The summed E-state index contributed by atoms with van der Waals surface area (Å²) < 4.78 is 55.7. The first-order valence-corrected chi connectivity index (χ1v) is 7.97. The lowest BCUT2D eigenvalue weighted by molar-refractivity contribution is -0.0498. The largest absolute Gasteiger partial charge is 0.435 e. The summed E-state index contributed by atoms with van der Waals surface area (Å²) in [7, 11) is 0. The first-order chi connectivity index (χ1) is 12.5. The molecule has 9 heteroatoms. The summed E-state index contributed by atoms with van der Waals surface area (Å²) in [5.41, 5.74) is 0.834. The molecule has 0 bridgehead atoms. The Morgan fingerprint density at radius 1 is 1.11 bits per heavy atom. The van der Waals surface area contributed by atoms with Gasteiger partial charge in [-0.25, -0.2) is 13.8 Å². The van der Waals surface area contributed by atoms with Crippen molar-refractivity contribution in [2.75, 3.05) is 6.54 Å². The fourth-order valence-corrected chi connectivity index (χ4v) is 2.19. The zero-order chi connectivity index (χ0) is 18.9. The van der Waals surface area contributed by atoms with Crippen LogP contribution >= 0.6 is 24.0 Å². The van der Waals surface area contributed by atoms with Crippen LogP contribution in [0.4, 0.5) is 17.6 Å². The van der Waals surface area contributed by atoms with Gasteiger partial charge < -0.3 is 15.4 Å². The third-order valence-corrected chi connectivity index (χ3v) is 3.34. The molecule has 0 heterocycles. The lowest BCUT2D eigenvalue weighted by Gasteiger charge is -2.12. The first kappa shape index (κ1) is 23.0. The van der Waals surface area contributed by atoms with E-state index in [1.807, 2.05) is 6.92 Å². The summed E-state index contributed by atoms with van der Waals surface area (Å²) in [4.78, 5) is 4.31. The van der Waals surface area contributed by atoms with Crippen molar-refractivity contribution in [3.8, 4) is 5.75 Å². The molecule has 2 rings (SSSR count). The van der Waals surface area contributed by atoms with Gasteiger partial charge in [-0.3, -0.25) is 0 Å². The number of hydrogen-bond acceptors (Lipinski definition) is 2. The Hall–Kier alpha value is -2.04. The van der Waals surface area contributed by atoms with Crippen molar-refractivity contribution in [2.24, 2.45) is 4.99 Å². The van der Waals surface area contributed by atoms with Gasteiger partial charge in [0.2, 0.25) is 0 Å². The smallest absolute Gasteiger partial charge is 0.387 e. The highest BCUT2D eigenvalue weighted by Crippen LogP contribution is 2.16. The van der Waals surface area contributed by atoms with Crippen LogP contribution in [0.15, 0.2) is 47.5 Å². The minimum absolute atomic E-state index is 0. The maximum atomic E-state index is 13.7. The molecule has 0 amide bonds. The van der Waals surface area contributed by atoms with E-state index in [-0.39, 0.29) is 48.4 Å². The number of nitrogens with zero attached hydrogens (tertiary/aromatic N) is 1. The SMILES string of the molecule is CCNC(=NCc1cccc(OC(F)F)c1)NCc1cc(F)ccc1F.I. The van der Waals surface area contributed by atoms with Crippen molar-refractivity contribution in [3.05, 3.63) is 65.2 Å². The van der Waals surface area contributed by atoms with E-state index in [1.54, 1.807) is 12.1 Å². The molecule has 0 fully saturated rings. The lowest BCUT2D eigenvalue weighted by atomic mass is 10.2. The molecular weight excluding hydrogens is 477 g/mol. The monoisotopic (exact) mass is 497 g/mol. The molecule has 0 aliphatic carbocycles. The second-order valence-corrected chi connectivity index (χ2v) is 5.31. The fourth-order valence-electron chi connectivity index (χ4n) is 2.19. The maximum absolute atomic E-state index is 13.7. The number of guanidine groups is 1. The minimum atomic E-state index is -2.89. The molecule has 0 saturated heterocycles. The van der Waals surface area contributed by atoms with Crippen molar-refractivity contribution in [1.29, 1.82) is 0 Å². The number of nitrogens with one attached hydrogen (secondary N) is 2. The Morgan fingerprint density at radius 2 is 1.89 bits per heavy atom. The quantitative estimate of drug-likeness (QED) is 0.258. The van der Waals surface area contributed by atoms with E-state index in [0.717, 1.165) is 18.2 Å². The number of rotatable bonds is 7. The zero-order valence-corrected chi connectivity index (χ0v) is 16.8. The van der Waals surface area contributed by atoms with Crippen molar-refractivity contribution >= 4 is 29.9 Å². The van der Waals surface area contributed by atoms with Crippen LogP contribution in [0.3, 0.4) is 0 Å². The van der Waals surface area contributed by atoms with E-state index >= 15 is 0 Å². The molecule has 0 aliphatic heterocycles. The summed E-state index contributed by atoms with van der Waals surface area (Å²) in [6.07, 6.45) is 0. The number of halogens is 5. The molecule has 2 N–H and O–H groups in total. The summed E-state index contributed by atoms with van der Waals surface area (Å²) in [6, 6.07) is 9.41. The van der Waals surface area contributed by atoms with Crippen LogP contribution in [0.25, 0.3) is 0 Å². The summed E-state index contributed by atoms with van der Waals surface area (Å²) in [5, 5.41) is 5.88. The molecule has 2 aromatic carbocycles. The second-order valence-electron chi connectivity index (χ2n) is 5.31. The fraction of sp³-hybridized carbons (Fsp3) is 0.278. The van der Waals surface area contributed by atoms with Gasteiger partial charge in [0.1, 0.15) is 17.4 Å². The van der Waals surface area contributed by atoms with E-state index in [4.69, 9.17) is 0 Å². The number of ether oxygens (including phenoxy) is 1. The van der Waals surface area contributed by atoms with E-state index in [2.05, 4.69) is 20.4 Å². The van der Waals surface area contributed by atoms with E-state index in [0.29, 0.717) is 18.1 Å². The lowest BCUT2D eigenvalue weighted by Crippen LogP contribution is -2.37. The number of benzene rings is 2. The topological polar surface area (TPSA) is 45.7 Å². The summed E-state index contributed by atoms with van der Waals surface area (Å²) in [6.45, 7) is -0.233. The standard InChI is InChI=1S/C18H19F4N3O.HI/c1-2-23-18(25-11-13-9-14(19)6-7-16(13)20)24-10-12-4-3-5-15(8-12)26-17(21)22;/h3-9,17H,2,10-11H2,1H3,(H2,23,24,25);1H. The number of alkyl halides is 2.